The van der Waals surface area contributed by atoms with E-state index < -0.39 is 5.97 Å². The summed E-state index contributed by atoms with van der Waals surface area (Å²) in [6.07, 6.45) is 2.14. The Bertz CT molecular complexity index is 1580. The molecule has 0 fully saturated rings. The summed E-state index contributed by atoms with van der Waals surface area (Å²) in [7, 11) is 0. The second-order valence-corrected chi connectivity index (χ2v) is 9.09. The number of rotatable bonds is 6. The van der Waals surface area contributed by atoms with E-state index in [1.807, 2.05) is 67.6 Å². The lowest BCUT2D eigenvalue weighted by atomic mass is 10.0. The summed E-state index contributed by atoms with van der Waals surface area (Å²) >= 11 is 1.42. The summed E-state index contributed by atoms with van der Waals surface area (Å²) in [6, 6.07) is 26.2. The summed E-state index contributed by atoms with van der Waals surface area (Å²) < 4.78 is 5.71. The smallest absolute Gasteiger partial charge is 0.346 e. The van der Waals surface area contributed by atoms with E-state index in [2.05, 4.69) is 15.2 Å². The Balaban J connectivity index is 1.36. The quantitative estimate of drug-likeness (QED) is 0.253. The van der Waals surface area contributed by atoms with Crippen LogP contribution >= 0.6 is 11.8 Å². The molecule has 0 aliphatic carbocycles. The molecule has 2 heterocycles. The van der Waals surface area contributed by atoms with Gasteiger partial charge in [0.1, 0.15) is 10.8 Å². The van der Waals surface area contributed by atoms with Crippen LogP contribution in [-0.2, 0) is 6.42 Å². The number of benzene rings is 3. The number of esters is 1. The maximum atomic E-state index is 13.0. The second kappa shape index (κ2) is 9.95. The normalized spacial score (nSPS) is 10.9. The summed E-state index contributed by atoms with van der Waals surface area (Å²) in [5.74, 6) is -0.0474. The van der Waals surface area contributed by atoms with E-state index in [1.165, 1.54) is 17.3 Å². The second-order valence-electron chi connectivity index (χ2n) is 8.03. The molecule has 0 radical (unpaired) electrons. The van der Waals surface area contributed by atoms with Crippen molar-refractivity contribution >= 4 is 28.5 Å². The molecule has 1 N–H and O–H groups in total. The maximum absolute atomic E-state index is 13.0. The van der Waals surface area contributed by atoms with Gasteiger partial charge < -0.3 is 4.74 Å². The third kappa shape index (κ3) is 5.15. The maximum Gasteiger partial charge on any atom is 0.346 e. The van der Waals surface area contributed by atoms with E-state index in [4.69, 9.17) is 4.74 Å². The van der Waals surface area contributed by atoms with Crippen molar-refractivity contribution in [3.8, 4) is 5.75 Å². The van der Waals surface area contributed by atoms with Gasteiger partial charge in [-0.05, 0) is 55.0 Å². The van der Waals surface area contributed by atoms with Gasteiger partial charge in [0.25, 0.3) is 5.56 Å². The first-order valence-corrected chi connectivity index (χ1v) is 11.9. The highest BCUT2D eigenvalue weighted by molar-refractivity contribution is 7.99. The molecule has 5 aromatic rings. The van der Waals surface area contributed by atoms with Crippen molar-refractivity contribution in [3.05, 3.63) is 124 Å². The third-order valence-corrected chi connectivity index (χ3v) is 6.51. The molecule has 7 heteroatoms. The number of hydrogen-bond acceptors (Lipinski definition) is 6. The summed E-state index contributed by atoms with van der Waals surface area (Å²) in [6.45, 7) is 2.03. The highest BCUT2D eigenvalue weighted by atomic mass is 32.2. The molecule has 0 bridgehead atoms. The van der Waals surface area contributed by atoms with Crippen LogP contribution in [0.3, 0.4) is 0 Å². The van der Waals surface area contributed by atoms with Crippen LogP contribution in [0, 0.1) is 6.92 Å². The van der Waals surface area contributed by atoms with Gasteiger partial charge in [-0.25, -0.2) is 14.9 Å². The lowest BCUT2D eigenvalue weighted by molar-refractivity contribution is 0.0730. The number of fused-ring (bicyclic) bond motifs is 1. The van der Waals surface area contributed by atoms with Crippen molar-refractivity contribution in [1.82, 2.24) is 15.2 Å². The van der Waals surface area contributed by atoms with Gasteiger partial charge in [-0.15, -0.1) is 0 Å². The largest absolute Gasteiger partial charge is 0.423 e. The van der Waals surface area contributed by atoms with E-state index in [0.717, 1.165) is 21.5 Å². The van der Waals surface area contributed by atoms with Crippen LogP contribution in [0.25, 0.3) is 10.8 Å². The molecule has 0 amide bonds. The molecule has 0 atom stereocenters. The Labute approximate surface area is 206 Å². The number of carbonyl (C=O) groups is 1. The molecular weight excluding hydrogens is 458 g/mol. The predicted octanol–water partition coefficient (Wildman–Crippen LogP) is 5.59. The molecular formula is C28H21N3O3S. The van der Waals surface area contributed by atoms with E-state index in [9.17, 15) is 9.59 Å². The number of carbonyl (C=O) groups excluding carboxylic acids is 1. The highest BCUT2D eigenvalue weighted by Crippen LogP contribution is 2.29. The van der Waals surface area contributed by atoms with Gasteiger partial charge in [0.15, 0.2) is 0 Å². The molecule has 35 heavy (non-hydrogen) atoms. The summed E-state index contributed by atoms with van der Waals surface area (Å²) in [5.41, 5.74) is 2.99. The third-order valence-electron chi connectivity index (χ3n) is 5.48. The summed E-state index contributed by atoms with van der Waals surface area (Å²) in [4.78, 5) is 30.5. The number of aryl methyl sites for hydroxylation is 1. The molecule has 0 saturated heterocycles. The number of pyridine rings is 1. The standard InChI is InChI=1S/C28H21N3O3S/c1-18-11-13-21(14-12-18)35-27-24(10-5-15-29-27)28(33)34-20-7-4-6-19(16-20)17-25-22-8-2-3-9-23(22)26(32)31-30-25/h2-16H,17H2,1H3,(H,31,32). The number of nitrogens with one attached hydrogen (secondary N) is 1. The van der Waals surface area contributed by atoms with Crippen LogP contribution < -0.4 is 10.3 Å². The van der Waals surface area contributed by atoms with Crippen LogP contribution in [0.2, 0.25) is 0 Å². The van der Waals surface area contributed by atoms with Gasteiger partial charge in [-0.2, -0.15) is 5.10 Å². The lowest BCUT2D eigenvalue weighted by Gasteiger charge is -2.10. The van der Waals surface area contributed by atoms with Gasteiger partial charge in [0, 0.05) is 22.9 Å². The molecule has 6 nitrogen and oxygen atoms in total. The average Bonchev–Trinajstić information content (AvgIpc) is 2.88. The number of aromatic nitrogens is 3. The van der Waals surface area contributed by atoms with Crippen molar-refractivity contribution in [3.63, 3.8) is 0 Å². The lowest BCUT2D eigenvalue weighted by Crippen LogP contribution is -2.12. The van der Waals surface area contributed by atoms with E-state index in [1.54, 1.807) is 30.5 Å². The first kappa shape index (κ1) is 22.6. The van der Waals surface area contributed by atoms with Gasteiger partial charge in [0.2, 0.25) is 0 Å². The van der Waals surface area contributed by atoms with Gasteiger partial charge >= 0.3 is 5.97 Å². The fourth-order valence-corrected chi connectivity index (χ4v) is 4.60. The Hall–Kier alpha value is -4.23. The number of nitrogens with zero attached hydrogens (tertiary/aromatic N) is 2. The van der Waals surface area contributed by atoms with Crippen molar-refractivity contribution in [2.45, 2.75) is 23.3 Å². The van der Waals surface area contributed by atoms with Gasteiger partial charge in [-0.1, -0.05) is 59.8 Å². The van der Waals surface area contributed by atoms with Crippen molar-refractivity contribution in [1.29, 1.82) is 0 Å². The minimum Gasteiger partial charge on any atom is -0.423 e. The number of hydrogen-bond donors (Lipinski definition) is 1. The minimum absolute atomic E-state index is 0.220. The topological polar surface area (TPSA) is 84.9 Å². The van der Waals surface area contributed by atoms with Gasteiger partial charge in [0.05, 0.1) is 16.6 Å². The highest BCUT2D eigenvalue weighted by Gasteiger charge is 2.16. The molecule has 2 aromatic heterocycles. The number of ether oxygens (including phenoxy) is 1. The molecule has 0 spiro atoms. The Morgan fingerprint density at radius 2 is 1.74 bits per heavy atom. The monoisotopic (exact) mass is 479 g/mol. The van der Waals surface area contributed by atoms with Crippen LogP contribution in [0.5, 0.6) is 5.75 Å². The SMILES string of the molecule is Cc1ccc(Sc2ncccc2C(=O)Oc2cccc(Cc3n[nH]c(=O)c4ccccc34)c2)cc1. The molecule has 5 rings (SSSR count). The van der Waals surface area contributed by atoms with Crippen LogP contribution in [-0.4, -0.2) is 21.2 Å². The molecule has 3 aromatic carbocycles. The molecule has 0 aliphatic heterocycles. The molecule has 0 unspecified atom stereocenters. The van der Waals surface area contributed by atoms with Crippen LogP contribution in [0.4, 0.5) is 0 Å². The fourth-order valence-electron chi connectivity index (χ4n) is 3.73. The minimum atomic E-state index is -0.475. The Morgan fingerprint density at radius 1 is 0.943 bits per heavy atom. The molecule has 0 saturated carbocycles. The van der Waals surface area contributed by atoms with Crippen molar-refractivity contribution in [2.24, 2.45) is 0 Å². The molecule has 0 aliphatic rings. The zero-order chi connectivity index (χ0) is 24.2. The zero-order valence-electron chi connectivity index (χ0n) is 18.9. The van der Waals surface area contributed by atoms with Crippen LogP contribution in [0.1, 0.15) is 27.2 Å². The van der Waals surface area contributed by atoms with Crippen molar-refractivity contribution < 1.29 is 9.53 Å². The zero-order valence-corrected chi connectivity index (χ0v) is 19.7. The first-order valence-electron chi connectivity index (χ1n) is 11.0. The Kier molecular flexibility index (Phi) is 6.41. The van der Waals surface area contributed by atoms with E-state index >= 15 is 0 Å². The van der Waals surface area contributed by atoms with Crippen LogP contribution in [0.15, 0.2) is 106 Å². The van der Waals surface area contributed by atoms with E-state index in [0.29, 0.717) is 28.1 Å². The van der Waals surface area contributed by atoms with Crippen molar-refractivity contribution in [2.75, 3.05) is 0 Å². The Morgan fingerprint density at radius 3 is 2.57 bits per heavy atom. The average molecular weight is 480 g/mol. The number of aromatic amines is 1. The first-order chi connectivity index (χ1) is 17.1. The molecule has 172 valence electrons. The fraction of sp³-hybridized carbons (Fsp3) is 0.0714. The number of H-pyrrole nitrogens is 1. The van der Waals surface area contributed by atoms with E-state index in [-0.39, 0.29) is 5.56 Å². The summed E-state index contributed by atoms with van der Waals surface area (Å²) in [5, 5.41) is 8.78. The van der Waals surface area contributed by atoms with Gasteiger partial charge in [-0.3, -0.25) is 4.79 Å². The predicted molar refractivity (Wildman–Crippen MR) is 136 cm³/mol.